The molecule has 102 valence electrons. The molecule has 1 N–H and O–H groups in total. The first kappa shape index (κ1) is 13.5. The summed E-state index contributed by atoms with van der Waals surface area (Å²) in [4.78, 5) is 4.30. The zero-order valence-corrected chi connectivity index (χ0v) is 11.6. The fourth-order valence-corrected chi connectivity index (χ4v) is 2.55. The highest BCUT2D eigenvalue weighted by Gasteiger charge is 2.15. The van der Waals surface area contributed by atoms with Gasteiger partial charge in [0.2, 0.25) is 0 Å². The van der Waals surface area contributed by atoms with Gasteiger partial charge >= 0.3 is 0 Å². The molecule has 0 saturated carbocycles. The third-order valence-corrected chi connectivity index (χ3v) is 3.70. The average Bonchev–Trinajstić information content (AvgIpc) is 2.81. The number of sulfone groups is 1. The second-order valence-electron chi connectivity index (χ2n) is 4.40. The molecule has 2 heterocycles. The van der Waals surface area contributed by atoms with Gasteiger partial charge in [-0.25, -0.2) is 13.4 Å². The Labute approximate surface area is 112 Å². The average molecular weight is 280 g/mol. The zero-order valence-electron chi connectivity index (χ0n) is 10.8. The van der Waals surface area contributed by atoms with Crippen molar-refractivity contribution >= 4 is 15.7 Å². The molecule has 0 spiro atoms. The molecule has 0 fully saturated rings. The van der Waals surface area contributed by atoms with Crippen LogP contribution < -0.4 is 5.32 Å². The lowest BCUT2D eigenvalue weighted by Gasteiger charge is -2.16. The van der Waals surface area contributed by atoms with Gasteiger partial charge in [-0.2, -0.15) is 5.10 Å². The van der Waals surface area contributed by atoms with Crippen molar-refractivity contribution in [1.29, 1.82) is 0 Å². The van der Waals surface area contributed by atoms with Crippen LogP contribution in [0, 0.1) is 0 Å². The normalized spacial score (nSPS) is 13.2. The second-order valence-corrected chi connectivity index (χ2v) is 6.38. The molecule has 0 aliphatic rings. The second kappa shape index (κ2) is 5.40. The van der Waals surface area contributed by atoms with E-state index in [0.717, 1.165) is 0 Å². The van der Waals surface area contributed by atoms with Crippen LogP contribution in [0.25, 0.3) is 0 Å². The maximum absolute atomic E-state index is 11.7. The molecular formula is C12H16N4O2S. The summed E-state index contributed by atoms with van der Waals surface area (Å²) in [6.45, 7) is 2.58. The summed E-state index contributed by atoms with van der Waals surface area (Å²) >= 11 is 0. The van der Waals surface area contributed by atoms with Crippen molar-refractivity contribution in [2.75, 3.05) is 11.6 Å². The zero-order chi connectivity index (χ0) is 13.9. The predicted octanol–water partition coefficient (Wildman–Crippen LogP) is 1.18. The van der Waals surface area contributed by atoms with Crippen LogP contribution >= 0.6 is 0 Å². The van der Waals surface area contributed by atoms with Crippen molar-refractivity contribution in [3.05, 3.63) is 36.8 Å². The van der Waals surface area contributed by atoms with Gasteiger partial charge in [0.15, 0.2) is 9.84 Å². The standard InChI is InChI=1S/C12H16N4O2S/c1-10(9-16-8-4-7-14-16)15-12-11(19(2,17)18)5-3-6-13-12/h3-8,10H,9H2,1-2H3,(H,13,15). The minimum atomic E-state index is -3.29. The Kier molecular flexibility index (Phi) is 3.84. The minimum Gasteiger partial charge on any atom is -0.365 e. The maximum atomic E-state index is 11.7. The summed E-state index contributed by atoms with van der Waals surface area (Å²) in [6, 6.07) is 5.01. The first-order valence-electron chi connectivity index (χ1n) is 5.86. The molecule has 0 amide bonds. The molecule has 7 heteroatoms. The third-order valence-electron chi connectivity index (χ3n) is 2.57. The molecule has 2 aromatic heterocycles. The van der Waals surface area contributed by atoms with Gasteiger partial charge in [-0.15, -0.1) is 0 Å². The predicted molar refractivity (Wildman–Crippen MR) is 72.7 cm³/mol. The van der Waals surface area contributed by atoms with E-state index < -0.39 is 9.84 Å². The van der Waals surface area contributed by atoms with E-state index in [1.165, 1.54) is 6.26 Å². The van der Waals surface area contributed by atoms with E-state index in [4.69, 9.17) is 0 Å². The number of nitrogens with zero attached hydrogens (tertiary/aromatic N) is 3. The van der Waals surface area contributed by atoms with Crippen molar-refractivity contribution < 1.29 is 8.42 Å². The molecule has 0 aliphatic carbocycles. The van der Waals surface area contributed by atoms with Crippen LogP contribution in [0.4, 0.5) is 5.82 Å². The molecule has 6 nitrogen and oxygen atoms in total. The van der Waals surface area contributed by atoms with Crippen LogP contribution in [0.1, 0.15) is 6.92 Å². The van der Waals surface area contributed by atoms with Gasteiger partial charge in [-0.05, 0) is 25.1 Å². The number of pyridine rings is 1. The van der Waals surface area contributed by atoms with E-state index in [9.17, 15) is 8.42 Å². The van der Waals surface area contributed by atoms with Crippen molar-refractivity contribution in [3.8, 4) is 0 Å². The van der Waals surface area contributed by atoms with Crippen molar-refractivity contribution in [2.45, 2.75) is 24.4 Å². The van der Waals surface area contributed by atoms with Crippen LogP contribution in [-0.2, 0) is 16.4 Å². The van der Waals surface area contributed by atoms with Gasteiger partial charge in [0.05, 0.1) is 6.54 Å². The molecule has 19 heavy (non-hydrogen) atoms. The van der Waals surface area contributed by atoms with E-state index in [-0.39, 0.29) is 10.9 Å². The molecule has 1 unspecified atom stereocenters. The number of hydrogen-bond acceptors (Lipinski definition) is 5. The first-order valence-corrected chi connectivity index (χ1v) is 7.75. The third kappa shape index (κ3) is 3.54. The quantitative estimate of drug-likeness (QED) is 0.890. The highest BCUT2D eigenvalue weighted by molar-refractivity contribution is 7.90. The molecule has 2 aromatic rings. The monoisotopic (exact) mass is 280 g/mol. The van der Waals surface area contributed by atoms with Gasteiger partial charge in [0, 0.05) is 30.9 Å². The lowest BCUT2D eigenvalue weighted by molar-refractivity contribution is 0.558. The summed E-state index contributed by atoms with van der Waals surface area (Å²) in [7, 11) is -3.29. The molecular weight excluding hydrogens is 264 g/mol. The lowest BCUT2D eigenvalue weighted by atomic mass is 10.3. The van der Waals surface area contributed by atoms with Crippen LogP contribution in [-0.4, -0.2) is 35.5 Å². The summed E-state index contributed by atoms with van der Waals surface area (Å²) in [6.07, 6.45) is 6.30. The Morgan fingerprint density at radius 2 is 2.16 bits per heavy atom. The van der Waals surface area contributed by atoms with Crippen molar-refractivity contribution in [3.63, 3.8) is 0 Å². The van der Waals surface area contributed by atoms with E-state index in [0.29, 0.717) is 12.4 Å². The Morgan fingerprint density at radius 3 is 2.79 bits per heavy atom. The van der Waals surface area contributed by atoms with Gasteiger partial charge in [0.1, 0.15) is 10.7 Å². The highest BCUT2D eigenvalue weighted by Crippen LogP contribution is 2.18. The van der Waals surface area contributed by atoms with Crippen LogP contribution in [0.2, 0.25) is 0 Å². The fourth-order valence-electron chi connectivity index (χ4n) is 1.77. The molecule has 0 aliphatic heterocycles. The van der Waals surface area contributed by atoms with Crippen LogP contribution in [0.5, 0.6) is 0 Å². The number of hydrogen-bond donors (Lipinski definition) is 1. The first-order chi connectivity index (χ1) is 8.97. The molecule has 0 saturated heterocycles. The molecule has 1 atom stereocenters. The Bertz CT molecular complexity index is 638. The Morgan fingerprint density at radius 1 is 1.37 bits per heavy atom. The molecule has 0 radical (unpaired) electrons. The van der Waals surface area contributed by atoms with Gasteiger partial charge < -0.3 is 5.32 Å². The van der Waals surface area contributed by atoms with Crippen LogP contribution in [0.3, 0.4) is 0 Å². The largest absolute Gasteiger partial charge is 0.365 e. The number of anilines is 1. The highest BCUT2D eigenvalue weighted by atomic mass is 32.2. The van der Waals surface area contributed by atoms with Gasteiger partial charge in [0.25, 0.3) is 0 Å². The van der Waals surface area contributed by atoms with E-state index in [1.54, 1.807) is 29.2 Å². The topological polar surface area (TPSA) is 76.9 Å². The van der Waals surface area contributed by atoms with E-state index in [1.807, 2.05) is 19.2 Å². The summed E-state index contributed by atoms with van der Waals surface area (Å²) in [5.74, 6) is 0.379. The fraction of sp³-hybridized carbons (Fsp3) is 0.333. The smallest absolute Gasteiger partial charge is 0.179 e. The van der Waals surface area contributed by atoms with E-state index >= 15 is 0 Å². The van der Waals surface area contributed by atoms with Crippen LogP contribution in [0.15, 0.2) is 41.7 Å². The summed E-state index contributed by atoms with van der Waals surface area (Å²) in [5.41, 5.74) is 0. The minimum absolute atomic E-state index is 0.00954. The maximum Gasteiger partial charge on any atom is 0.179 e. The van der Waals surface area contributed by atoms with E-state index in [2.05, 4.69) is 15.4 Å². The summed E-state index contributed by atoms with van der Waals surface area (Å²) < 4.78 is 25.1. The number of aromatic nitrogens is 3. The molecule has 0 bridgehead atoms. The van der Waals surface area contributed by atoms with Gasteiger partial charge in [-0.1, -0.05) is 0 Å². The Hall–Kier alpha value is -1.89. The number of rotatable bonds is 5. The van der Waals surface area contributed by atoms with Gasteiger partial charge in [-0.3, -0.25) is 4.68 Å². The lowest BCUT2D eigenvalue weighted by Crippen LogP contribution is -2.24. The van der Waals surface area contributed by atoms with Crippen molar-refractivity contribution in [2.24, 2.45) is 0 Å². The van der Waals surface area contributed by atoms with Crippen molar-refractivity contribution in [1.82, 2.24) is 14.8 Å². The molecule has 0 aromatic carbocycles. The number of nitrogens with one attached hydrogen (secondary N) is 1. The summed E-state index contributed by atoms with van der Waals surface area (Å²) in [5, 5.41) is 7.21. The SMILES string of the molecule is CC(Cn1cccn1)Nc1ncccc1S(C)(=O)=O. The molecule has 2 rings (SSSR count). The Balaban J connectivity index is 2.15.